The van der Waals surface area contributed by atoms with Gasteiger partial charge in [-0.1, -0.05) is 41.9 Å². The van der Waals surface area contributed by atoms with Crippen LogP contribution in [0.5, 0.6) is 0 Å². The molecule has 0 radical (unpaired) electrons. The van der Waals surface area contributed by atoms with E-state index in [1.807, 2.05) is 43.3 Å². The highest BCUT2D eigenvalue weighted by Crippen LogP contribution is 2.13. The first-order chi connectivity index (χ1) is 10.5. The van der Waals surface area contributed by atoms with Gasteiger partial charge >= 0.3 is 0 Å². The van der Waals surface area contributed by atoms with Gasteiger partial charge in [0.25, 0.3) is 0 Å². The number of hydrogen-bond acceptors (Lipinski definition) is 2. The Labute approximate surface area is 140 Å². The minimum Gasteiger partial charge on any atom is -0.332 e. The van der Waals surface area contributed by atoms with Crippen LogP contribution in [0.25, 0.3) is 6.08 Å². The van der Waals surface area contributed by atoms with Gasteiger partial charge in [-0.3, -0.25) is 10.1 Å². The SMILES string of the molecule is Cc1ccccc1NC(=S)NC(=O)/C=C/c1ccc(Cl)cc1. The normalized spacial score (nSPS) is 10.5. The van der Waals surface area contributed by atoms with Crippen LogP contribution in [0.4, 0.5) is 5.69 Å². The lowest BCUT2D eigenvalue weighted by atomic mass is 10.2. The molecule has 112 valence electrons. The second kappa shape index (κ2) is 7.73. The van der Waals surface area contributed by atoms with Gasteiger partial charge in [0.05, 0.1) is 0 Å². The molecule has 2 N–H and O–H groups in total. The van der Waals surface area contributed by atoms with Crippen molar-refractivity contribution in [2.24, 2.45) is 0 Å². The summed E-state index contributed by atoms with van der Waals surface area (Å²) in [5.74, 6) is -0.291. The van der Waals surface area contributed by atoms with Crippen LogP contribution in [0.1, 0.15) is 11.1 Å². The number of rotatable bonds is 3. The Morgan fingerprint density at radius 1 is 1.14 bits per heavy atom. The second-order valence-corrected chi connectivity index (χ2v) is 5.49. The van der Waals surface area contributed by atoms with Crippen LogP contribution in [-0.2, 0) is 4.79 Å². The summed E-state index contributed by atoms with van der Waals surface area (Å²) in [4.78, 5) is 11.8. The number of carbonyl (C=O) groups is 1. The van der Waals surface area contributed by atoms with Gasteiger partial charge < -0.3 is 5.32 Å². The first kappa shape index (κ1) is 16.2. The average Bonchev–Trinajstić information content (AvgIpc) is 2.49. The van der Waals surface area contributed by atoms with E-state index in [2.05, 4.69) is 10.6 Å². The molecule has 0 aliphatic rings. The third-order valence-corrected chi connectivity index (χ3v) is 3.38. The average molecular weight is 331 g/mol. The molecular formula is C17H15ClN2OS. The lowest BCUT2D eigenvalue weighted by molar-refractivity contribution is -0.115. The molecule has 2 rings (SSSR count). The van der Waals surface area contributed by atoms with Gasteiger partial charge in [0.15, 0.2) is 5.11 Å². The maximum absolute atomic E-state index is 11.8. The monoisotopic (exact) mass is 330 g/mol. The van der Waals surface area contributed by atoms with Crippen LogP contribution in [-0.4, -0.2) is 11.0 Å². The molecule has 0 unspecified atom stereocenters. The molecule has 0 atom stereocenters. The van der Waals surface area contributed by atoms with E-state index in [1.165, 1.54) is 6.08 Å². The third-order valence-electron chi connectivity index (χ3n) is 2.93. The van der Waals surface area contributed by atoms with Crippen molar-refractivity contribution in [1.82, 2.24) is 5.32 Å². The minimum atomic E-state index is -0.291. The number of anilines is 1. The van der Waals surface area contributed by atoms with E-state index in [9.17, 15) is 4.79 Å². The standard InChI is InChI=1S/C17H15ClN2OS/c1-12-4-2-3-5-15(12)19-17(22)20-16(21)11-8-13-6-9-14(18)10-7-13/h2-11H,1H3,(H2,19,20,21,22)/b11-8+. The van der Waals surface area contributed by atoms with Crippen molar-refractivity contribution >= 4 is 46.6 Å². The quantitative estimate of drug-likeness (QED) is 0.655. The predicted octanol–water partition coefficient (Wildman–Crippen LogP) is 4.17. The topological polar surface area (TPSA) is 41.1 Å². The Morgan fingerprint density at radius 3 is 2.50 bits per heavy atom. The molecule has 0 heterocycles. The minimum absolute atomic E-state index is 0.264. The number of hydrogen-bond donors (Lipinski definition) is 2. The van der Waals surface area contributed by atoms with E-state index in [-0.39, 0.29) is 11.0 Å². The van der Waals surface area contributed by atoms with Crippen molar-refractivity contribution in [3.05, 3.63) is 70.8 Å². The van der Waals surface area contributed by atoms with Crippen molar-refractivity contribution < 1.29 is 4.79 Å². The molecule has 0 saturated carbocycles. The van der Waals surface area contributed by atoms with Gasteiger partial charge in [-0.2, -0.15) is 0 Å². The lowest BCUT2D eigenvalue weighted by Gasteiger charge is -2.10. The van der Waals surface area contributed by atoms with Gasteiger partial charge in [0.2, 0.25) is 5.91 Å². The number of nitrogens with one attached hydrogen (secondary N) is 2. The Bertz CT molecular complexity index is 711. The molecule has 5 heteroatoms. The zero-order valence-corrected chi connectivity index (χ0v) is 13.5. The smallest absolute Gasteiger partial charge is 0.250 e. The van der Waals surface area contributed by atoms with Crippen LogP contribution in [0.2, 0.25) is 5.02 Å². The summed E-state index contributed by atoms with van der Waals surface area (Å²) in [5.41, 5.74) is 2.81. The summed E-state index contributed by atoms with van der Waals surface area (Å²) in [6.45, 7) is 1.97. The van der Waals surface area contributed by atoms with Crippen LogP contribution in [0.15, 0.2) is 54.6 Å². The first-order valence-electron chi connectivity index (χ1n) is 6.66. The molecule has 0 aliphatic carbocycles. The summed E-state index contributed by atoms with van der Waals surface area (Å²) in [7, 11) is 0. The van der Waals surface area contributed by atoms with E-state index in [0.29, 0.717) is 5.02 Å². The van der Waals surface area contributed by atoms with E-state index in [4.69, 9.17) is 23.8 Å². The Morgan fingerprint density at radius 2 is 1.82 bits per heavy atom. The van der Waals surface area contributed by atoms with E-state index >= 15 is 0 Å². The number of benzene rings is 2. The summed E-state index contributed by atoms with van der Waals surface area (Å²) in [6, 6.07) is 14.9. The number of carbonyl (C=O) groups excluding carboxylic acids is 1. The summed E-state index contributed by atoms with van der Waals surface area (Å²) >= 11 is 10.9. The van der Waals surface area contributed by atoms with Gasteiger partial charge in [-0.15, -0.1) is 0 Å². The lowest BCUT2D eigenvalue weighted by Crippen LogP contribution is -2.33. The fourth-order valence-corrected chi connectivity index (χ4v) is 2.10. The fraction of sp³-hybridized carbons (Fsp3) is 0.0588. The number of aryl methyl sites for hydroxylation is 1. The molecule has 0 spiro atoms. The van der Waals surface area contributed by atoms with Gasteiger partial charge in [0.1, 0.15) is 0 Å². The summed E-state index contributed by atoms with van der Waals surface area (Å²) in [5, 5.41) is 6.52. The highest BCUT2D eigenvalue weighted by Gasteiger charge is 2.03. The Kier molecular flexibility index (Phi) is 5.69. The molecule has 0 saturated heterocycles. The molecule has 2 aromatic rings. The second-order valence-electron chi connectivity index (χ2n) is 4.64. The third kappa shape index (κ3) is 4.98. The van der Waals surface area contributed by atoms with Gasteiger partial charge in [0, 0.05) is 16.8 Å². The molecular weight excluding hydrogens is 316 g/mol. The van der Waals surface area contributed by atoms with E-state index in [0.717, 1.165) is 16.8 Å². The zero-order valence-electron chi connectivity index (χ0n) is 12.0. The molecule has 0 fully saturated rings. The van der Waals surface area contributed by atoms with Crippen molar-refractivity contribution in [3.63, 3.8) is 0 Å². The van der Waals surface area contributed by atoms with Crippen molar-refractivity contribution in [3.8, 4) is 0 Å². The van der Waals surface area contributed by atoms with Crippen molar-refractivity contribution in [2.75, 3.05) is 5.32 Å². The molecule has 0 aliphatic heterocycles. The molecule has 22 heavy (non-hydrogen) atoms. The maximum atomic E-state index is 11.8. The summed E-state index contributed by atoms with van der Waals surface area (Å²) in [6.07, 6.45) is 3.12. The number of thiocarbonyl (C=S) groups is 1. The Balaban J connectivity index is 1.90. The molecule has 1 amide bonds. The molecule has 0 bridgehead atoms. The highest BCUT2D eigenvalue weighted by molar-refractivity contribution is 7.80. The molecule has 2 aromatic carbocycles. The van der Waals surface area contributed by atoms with Crippen molar-refractivity contribution in [1.29, 1.82) is 0 Å². The largest absolute Gasteiger partial charge is 0.332 e. The van der Waals surface area contributed by atoms with Gasteiger partial charge in [-0.05, 0) is 54.5 Å². The van der Waals surface area contributed by atoms with Crippen LogP contribution in [0.3, 0.4) is 0 Å². The van der Waals surface area contributed by atoms with Crippen molar-refractivity contribution in [2.45, 2.75) is 6.92 Å². The predicted molar refractivity (Wildman–Crippen MR) is 96.0 cm³/mol. The fourth-order valence-electron chi connectivity index (χ4n) is 1.77. The van der Waals surface area contributed by atoms with Crippen LogP contribution < -0.4 is 10.6 Å². The van der Waals surface area contributed by atoms with E-state index < -0.39 is 0 Å². The van der Waals surface area contributed by atoms with Gasteiger partial charge in [-0.25, -0.2) is 0 Å². The number of amides is 1. The van der Waals surface area contributed by atoms with E-state index in [1.54, 1.807) is 18.2 Å². The van der Waals surface area contributed by atoms with Crippen LogP contribution >= 0.6 is 23.8 Å². The number of para-hydroxylation sites is 1. The molecule has 0 aromatic heterocycles. The van der Waals surface area contributed by atoms with Crippen LogP contribution in [0, 0.1) is 6.92 Å². The maximum Gasteiger partial charge on any atom is 0.250 e. The first-order valence-corrected chi connectivity index (χ1v) is 7.44. The molecule has 3 nitrogen and oxygen atoms in total. The Hall–Kier alpha value is -2.17. The summed E-state index contributed by atoms with van der Waals surface area (Å²) < 4.78 is 0. The number of halogens is 1. The highest BCUT2D eigenvalue weighted by atomic mass is 35.5. The zero-order chi connectivity index (χ0) is 15.9.